The van der Waals surface area contributed by atoms with Crippen LogP contribution in [-0.4, -0.2) is 35.6 Å². The lowest BCUT2D eigenvalue weighted by Crippen LogP contribution is -2.36. The van der Waals surface area contributed by atoms with Crippen LogP contribution in [0.4, 0.5) is 4.39 Å². The molecule has 2 aromatic carbocycles. The average Bonchev–Trinajstić information content (AvgIpc) is 3.44. The Balaban J connectivity index is 1.44. The summed E-state index contributed by atoms with van der Waals surface area (Å²) in [4.78, 5) is 0.0173. The van der Waals surface area contributed by atoms with Gasteiger partial charge in [-0.3, -0.25) is 0 Å². The lowest BCUT2D eigenvalue weighted by molar-refractivity contribution is 0.383. The third-order valence-electron chi connectivity index (χ3n) is 7.05. The molecule has 180 valence electrons. The number of rotatable bonds is 6. The van der Waals surface area contributed by atoms with Gasteiger partial charge in [-0.15, -0.1) is 0 Å². The third-order valence-corrected chi connectivity index (χ3v) is 9.37. The summed E-state index contributed by atoms with van der Waals surface area (Å²) in [5.41, 5.74) is 5.53. The average molecular weight is 511 g/mol. The van der Waals surface area contributed by atoms with Gasteiger partial charge in [0.15, 0.2) is 0 Å². The standard InChI is InChI=1S/C26H24ClFN4O2S/c1-17-22-15-30-32(21-10-8-20(28)9-11-21)24(22)14-18-6-7-19(26(17)18)16-31(13-12-29)35(33,34)25-5-3-2-4-23(25)27/h2-5,8-11,15,17,19H,6-7,13-14,16H2,1H3/t17-,19+/m0/s1. The van der Waals surface area contributed by atoms with Gasteiger partial charge in [0, 0.05) is 24.4 Å². The molecule has 35 heavy (non-hydrogen) atoms. The van der Waals surface area contributed by atoms with Crippen LogP contribution in [0.3, 0.4) is 0 Å². The van der Waals surface area contributed by atoms with Crippen LogP contribution in [0.2, 0.25) is 5.02 Å². The van der Waals surface area contributed by atoms with Crippen LogP contribution >= 0.6 is 11.6 Å². The fourth-order valence-electron chi connectivity index (χ4n) is 5.44. The number of aromatic nitrogens is 2. The molecule has 2 aliphatic carbocycles. The van der Waals surface area contributed by atoms with Gasteiger partial charge < -0.3 is 0 Å². The first kappa shape index (κ1) is 23.7. The van der Waals surface area contributed by atoms with Gasteiger partial charge in [-0.1, -0.05) is 41.8 Å². The molecule has 0 saturated carbocycles. The number of benzene rings is 2. The molecule has 0 bridgehead atoms. The maximum absolute atomic E-state index is 13.4. The highest BCUT2D eigenvalue weighted by Crippen LogP contribution is 2.47. The first-order valence-corrected chi connectivity index (χ1v) is 13.3. The zero-order valence-corrected chi connectivity index (χ0v) is 20.7. The molecule has 1 heterocycles. The van der Waals surface area contributed by atoms with E-state index < -0.39 is 10.0 Å². The van der Waals surface area contributed by atoms with E-state index in [2.05, 4.69) is 12.0 Å². The molecule has 9 heteroatoms. The van der Waals surface area contributed by atoms with Gasteiger partial charge in [0.25, 0.3) is 0 Å². The van der Waals surface area contributed by atoms with E-state index in [4.69, 9.17) is 11.6 Å². The first-order chi connectivity index (χ1) is 16.8. The minimum atomic E-state index is -3.92. The van der Waals surface area contributed by atoms with E-state index in [9.17, 15) is 18.1 Å². The zero-order valence-electron chi connectivity index (χ0n) is 19.2. The van der Waals surface area contributed by atoms with Crippen LogP contribution in [0.15, 0.2) is 70.8 Å². The smallest absolute Gasteiger partial charge is 0.237 e. The summed E-state index contributed by atoms with van der Waals surface area (Å²) >= 11 is 6.19. The van der Waals surface area contributed by atoms with Crippen molar-refractivity contribution in [2.75, 3.05) is 13.1 Å². The molecular formula is C26H24ClFN4O2S. The highest BCUT2D eigenvalue weighted by atomic mass is 35.5. The van der Waals surface area contributed by atoms with E-state index >= 15 is 0 Å². The number of fused-ring (bicyclic) bond motifs is 1. The third kappa shape index (κ3) is 4.18. The van der Waals surface area contributed by atoms with Crippen LogP contribution in [0.1, 0.15) is 36.9 Å². The first-order valence-electron chi connectivity index (χ1n) is 11.5. The number of nitriles is 1. The van der Waals surface area contributed by atoms with E-state index in [0.29, 0.717) is 0 Å². The second-order valence-electron chi connectivity index (χ2n) is 9.01. The molecule has 0 aliphatic heterocycles. The molecule has 1 aromatic heterocycles. The van der Waals surface area contributed by atoms with Crippen molar-refractivity contribution in [2.45, 2.75) is 37.0 Å². The summed E-state index contributed by atoms with van der Waals surface area (Å²) in [5.74, 6) is -0.212. The zero-order chi connectivity index (χ0) is 24.7. The molecule has 3 aromatic rings. The Hall–Kier alpha value is -2.99. The summed E-state index contributed by atoms with van der Waals surface area (Å²) < 4.78 is 43.3. The topological polar surface area (TPSA) is 79.0 Å². The van der Waals surface area contributed by atoms with Crippen LogP contribution in [0, 0.1) is 23.1 Å². The van der Waals surface area contributed by atoms with Crippen molar-refractivity contribution in [3.05, 3.63) is 88.0 Å². The Bertz CT molecular complexity index is 1460. The SMILES string of the molecule is C[C@@H]1C2=C(CC[C@@H]2CN(CC#N)S(=O)(=O)c2ccccc2Cl)Cc2c1cnn2-c1ccc(F)cc1. The second kappa shape index (κ2) is 9.23. The van der Waals surface area contributed by atoms with Crippen molar-refractivity contribution in [3.8, 4) is 11.8 Å². The van der Waals surface area contributed by atoms with Crippen LogP contribution < -0.4 is 0 Å². The van der Waals surface area contributed by atoms with Gasteiger partial charge >= 0.3 is 0 Å². The van der Waals surface area contributed by atoms with E-state index in [1.165, 1.54) is 33.7 Å². The Morgan fingerprint density at radius 1 is 1.23 bits per heavy atom. The number of sulfonamides is 1. The largest absolute Gasteiger partial charge is 0.245 e. The van der Waals surface area contributed by atoms with Crippen molar-refractivity contribution in [1.82, 2.24) is 14.1 Å². The van der Waals surface area contributed by atoms with Gasteiger partial charge in [-0.05, 0) is 55.2 Å². The van der Waals surface area contributed by atoms with Crippen LogP contribution in [0.25, 0.3) is 5.69 Å². The Morgan fingerprint density at radius 2 is 1.97 bits per heavy atom. The lowest BCUT2D eigenvalue weighted by atomic mass is 9.80. The van der Waals surface area contributed by atoms with E-state index in [0.717, 1.165) is 36.2 Å². The molecule has 0 unspecified atom stereocenters. The number of halogens is 2. The van der Waals surface area contributed by atoms with E-state index in [1.54, 1.807) is 30.3 Å². The summed E-state index contributed by atoms with van der Waals surface area (Å²) in [7, 11) is -3.92. The Kier molecular flexibility index (Phi) is 6.26. The molecule has 6 nitrogen and oxygen atoms in total. The van der Waals surface area contributed by atoms with Gasteiger partial charge in [0.05, 0.1) is 28.7 Å². The number of nitrogens with zero attached hydrogens (tertiary/aromatic N) is 4. The predicted molar refractivity (Wildman–Crippen MR) is 131 cm³/mol. The predicted octanol–water partition coefficient (Wildman–Crippen LogP) is 5.25. The number of allylic oxidation sites excluding steroid dienone is 1. The fourth-order valence-corrected chi connectivity index (χ4v) is 7.32. The van der Waals surface area contributed by atoms with Crippen LogP contribution in [-0.2, 0) is 16.4 Å². The summed E-state index contributed by atoms with van der Waals surface area (Å²) in [6, 6.07) is 14.6. The van der Waals surface area contributed by atoms with Crippen molar-refractivity contribution >= 4 is 21.6 Å². The molecule has 0 spiro atoms. The van der Waals surface area contributed by atoms with Crippen molar-refractivity contribution in [3.63, 3.8) is 0 Å². The van der Waals surface area contributed by atoms with Gasteiger partial charge in [0.1, 0.15) is 17.3 Å². The van der Waals surface area contributed by atoms with Crippen LogP contribution in [0.5, 0.6) is 0 Å². The second-order valence-corrected chi connectivity index (χ2v) is 11.3. The molecule has 5 rings (SSSR count). The molecular weight excluding hydrogens is 487 g/mol. The molecule has 0 fully saturated rings. The van der Waals surface area contributed by atoms with Crippen molar-refractivity contribution in [2.24, 2.45) is 5.92 Å². The minimum Gasteiger partial charge on any atom is -0.237 e. The minimum absolute atomic E-state index is 0.00735. The highest BCUT2D eigenvalue weighted by Gasteiger charge is 2.39. The quantitative estimate of drug-likeness (QED) is 0.335. The van der Waals surface area contributed by atoms with Crippen molar-refractivity contribution in [1.29, 1.82) is 5.26 Å². The summed E-state index contributed by atoms with van der Waals surface area (Å²) in [6.45, 7) is 2.11. The van der Waals surface area contributed by atoms with Gasteiger partial charge in [0.2, 0.25) is 10.0 Å². The fraction of sp³-hybridized carbons (Fsp3) is 0.308. The molecule has 0 amide bonds. The maximum atomic E-state index is 13.4. The van der Waals surface area contributed by atoms with E-state index in [1.807, 2.05) is 16.9 Å². The lowest BCUT2D eigenvalue weighted by Gasteiger charge is -2.30. The summed E-state index contributed by atoms with van der Waals surface area (Å²) in [5, 5.41) is 14.1. The molecule has 2 atom stereocenters. The highest BCUT2D eigenvalue weighted by molar-refractivity contribution is 7.89. The monoisotopic (exact) mass is 510 g/mol. The summed E-state index contributed by atoms with van der Waals surface area (Å²) in [6.07, 6.45) is 4.27. The normalized spacial score (nSPS) is 19.5. The Morgan fingerprint density at radius 3 is 2.69 bits per heavy atom. The molecule has 0 saturated heterocycles. The van der Waals surface area contributed by atoms with Gasteiger partial charge in [-0.25, -0.2) is 17.5 Å². The molecule has 2 aliphatic rings. The molecule has 0 N–H and O–H groups in total. The van der Waals surface area contributed by atoms with E-state index in [-0.39, 0.29) is 40.7 Å². The molecule has 0 radical (unpaired) electrons. The number of hydrogen-bond donors (Lipinski definition) is 0. The van der Waals surface area contributed by atoms with Gasteiger partial charge in [-0.2, -0.15) is 14.7 Å². The maximum Gasteiger partial charge on any atom is 0.245 e. The number of hydrogen-bond acceptors (Lipinski definition) is 4. The Labute approximate surface area is 209 Å². The van der Waals surface area contributed by atoms with Crippen molar-refractivity contribution < 1.29 is 12.8 Å².